The summed E-state index contributed by atoms with van der Waals surface area (Å²) in [5.74, 6) is 0. The van der Waals surface area contributed by atoms with Gasteiger partial charge in [0, 0.05) is 29.1 Å². The van der Waals surface area contributed by atoms with E-state index in [2.05, 4.69) is 63.3 Å². The van der Waals surface area contributed by atoms with Crippen LogP contribution < -0.4 is 0 Å². The van der Waals surface area contributed by atoms with E-state index in [-0.39, 0.29) is 0 Å². The fourth-order valence-electron chi connectivity index (χ4n) is 4.26. The van der Waals surface area contributed by atoms with Crippen molar-refractivity contribution in [2.24, 2.45) is 0 Å². The van der Waals surface area contributed by atoms with E-state index in [0.29, 0.717) is 27.7 Å². The molecule has 7 rings (SSSR count). The number of nitrogens with zero attached hydrogens (tertiary/aromatic N) is 6. The summed E-state index contributed by atoms with van der Waals surface area (Å²) in [6, 6.07) is 35.7. The zero-order valence-electron chi connectivity index (χ0n) is 21.6. The number of rotatable bonds is 3. The van der Waals surface area contributed by atoms with Crippen LogP contribution in [-0.4, -0.2) is 29.9 Å². The molecule has 3 aromatic carbocycles. The third kappa shape index (κ3) is 5.39. The second-order valence-corrected chi connectivity index (χ2v) is 9.43. The zero-order valence-corrected chi connectivity index (χ0v) is 22.4. The van der Waals surface area contributed by atoms with Crippen molar-refractivity contribution in [3.8, 4) is 33.8 Å². The van der Waals surface area contributed by atoms with Crippen LogP contribution in [0.5, 0.6) is 0 Å². The summed E-state index contributed by atoms with van der Waals surface area (Å²) >= 11 is 6.14. The molecular weight excluding hydrogens is 516 g/mol. The monoisotopic (exact) mass is 538 g/mol. The van der Waals surface area contributed by atoms with Crippen molar-refractivity contribution in [2.75, 3.05) is 0 Å². The highest BCUT2D eigenvalue weighted by atomic mass is 35.5. The largest absolute Gasteiger partial charge is 0.242 e. The topological polar surface area (TPSA) is 77.3 Å². The molecule has 0 unspecified atom stereocenters. The summed E-state index contributed by atoms with van der Waals surface area (Å²) < 4.78 is 0. The summed E-state index contributed by atoms with van der Waals surface area (Å²) in [5, 5.41) is 0.400. The van der Waals surface area contributed by atoms with E-state index < -0.39 is 0 Å². The Morgan fingerprint density at radius 1 is 0.450 bits per heavy atom. The first-order chi connectivity index (χ1) is 19.7. The number of aromatic nitrogens is 6. The first-order valence-corrected chi connectivity index (χ1v) is 13.1. The Morgan fingerprint density at radius 3 is 1.52 bits per heavy atom. The third-order valence-electron chi connectivity index (χ3n) is 6.26. The Labute approximate surface area is 236 Å². The van der Waals surface area contributed by atoms with Crippen LogP contribution in [0.25, 0.3) is 56.1 Å². The summed E-state index contributed by atoms with van der Waals surface area (Å²) in [7, 11) is 0. The van der Waals surface area contributed by atoms with Gasteiger partial charge in [-0.15, -0.1) is 0 Å². The average Bonchev–Trinajstić information content (AvgIpc) is 3.02. The molecule has 0 saturated heterocycles. The standard InChI is InChI=1S/C20H15N3.C13H8ClN3/c1-14-9-11-16(12-10-14)18-19(15-6-3-2-4-7-15)23-20-17(22-18)8-5-13-21-20;14-12-11(9-5-2-1-3-6-9)17-13-10(16-12)7-4-8-15-13/h2-13H,1H3;1-8H. The average molecular weight is 539 g/mol. The van der Waals surface area contributed by atoms with Crippen LogP contribution in [0.3, 0.4) is 0 Å². The smallest absolute Gasteiger partial charge is 0.178 e. The lowest BCUT2D eigenvalue weighted by molar-refractivity contribution is 1.23. The predicted octanol–water partition coefficient (Wildman–Crippen LogP) is 8.01. The SMILES string of the molecule is Cc1ccc(-c2nc3cccnc3nc2-c2ccccc2)cc1.Clc1nc2cccnc2nc1-c1ccccc1. The van der Waals surface area contributed by atoms with Crippen LogP contribution >= 0.6 is 11.6 Å². The van der Waals surface area contributed by atoms with Gasteiger partial charge >= 0.3 is 0 Å². The van der Waals surface area contributed by atoms with E-state index >= 15 is 0 Å². The van der Waals surface area contributed by atoms with Crippen LogP contribution in [0.2, 0.25) is 5.15 Å². The maximum atomic E-state index is 6.14. The second-order valence-electron chi connectivity index (χ2n) is 9.07. The maximum absolute atomic E-state index is 6.14. The number of hydrogen-bond acceptors (Lipinski definition) is 6. The van der Waals surface area contributed by atoms with Gasteiger partial charge < -0.3 is 0 Å². The first-order valence-electron chi connectivity index (χ1n) is 12.7. The van der Waals surface area contributed by atoms with Gasteiger partial charge in [-0.05, 0) is 31.2 Å². The summed E-state index contributed by atoms with van der Waals surface area (Å²) in [5.41, 5.74) is 9.48. The van der Waals surface area contributed by atoms with Gasteiger partial charge in [-0.25, -0.2) is 29.9 Å². The fourth-order valence-corrected chi connectivity index (χ4v) is 4.50. The predicted molar refractivity (Wildman–Crippen MR) is 161 cm³/mol. The van der Waals surface area contributed by atoms with Gasteiger partial charge in [0.25, 0.3) is 0 Å². The number of fused-ring (bicyclic) bond motifs is 2. The molecule has 0 radical (unpaired) electrons. The van der Waals surface area contributed by atoms with Gasteiger partial charge in [0.2, 0.25) is 0 Å². The molecule has 0 aliphatic rings. The molecule has 0 bridgehead atoms. The summed E-state index contributed by atoms with van der Waals surface area (Å²) in [6.07, 6.45) is 3.44. The van der Waals surface area contributed by atoms with Crippen molar-refractivity contribution in [3.05, 3.63) is 132 Å². The van der Waals surface area contributed by atoms with E-state index in [1.54, 1.807) is 12.4 Å². The minimum Gasteiger partial charge on any atom is -0.242 e. The lowest BCUT2D eigenvalue weighted by Gasteiger charge is -2.10. The molecule has 0 atom stereocenters. The summed E-state index contributed by atoms with van der Waals surface area (Å²) in [4.78, 5) is 26.8. The number of pyridine rings is 2. The zero-order chi connectivity index (χ0) is 27.3. The van der Waals surface area contributed by atoms with Crippen molar-refractivity contribution < 1.29 is 0 Å². The number of benzene rings is 3. The van der Waals surface area contributed by atoms with E-state index in [1.807, 2.05) is 72.8 Å². The maximum Gasteiger partial charge on any atom is 0.178 e. The van der Waals surface area contributed by atoms with Crippen LogP contribution in [-0.2, 0) is 0 Å². The van der Waals surface area contributed by atoms with Crippen LogP contribution in [0.15, 0.2) is 122 Å². The summed E-state index contributed by atoms with van der Waals surface area (Å²) in [6.45, 7) is 2.08. The molecule has 7 heteroatoms. The Kier molecular flexibility index (Phi) is 7.16. The molecular formula is C33H23ClN6. The third-order valence-corrected chi connectivity index (χ3v) is 6.52. The van der Waals surface area contributed by atoms with Crippen molar-refractivity contribution >= 4 is 33.9 Å². The molecule has 0 spiro atoms. The number of halogens is 1. The van der Waals surface area contributed by atoms with Crippen LogP contribution in [0, 0.1) is 6.92 Å². The molecule has 4 aromatic heterocycles. The van der Waals surface area contributed by atoms with Gasteiger partial charge in [-0.3, -0.25) is 0 Å². The normalized spacial score (nSPS) is 10.8. The lowest BCUT2D eigenvalue weighted by Crippen LogP contribution is -1.96. The molecule has 0 saturated carbocycles. The molecule has 0 fully saturated rings. The molecule has 0 aliphatic carbocycles. The molecule has 0 N–H and O–H groups in total. The highest BCUT2D eigenvalue weighted by Crippen LogP contribution is 2.30. The van der Waals surface area contributed by atoms with Gasteiger partial charge in [0.15, 0.2) is 16.4 Å². The van der Waals surface area contributed by atoms with Crippen molar-refractivity contribution in [1.82, 2.24) is 29.9 Å². The van der Waals surface area contributed by atoms with E-state index in [1.165, 1.54) is 5.56 Å². The lowest BCUT2D eigenvalue weighted by atomic mass is 10.0. The Morgan fingerprint density at radius 2 is 0.925 bits per heavy atom. The highest BCUT2D eigenvalue weighted by molar-refractivity contribution is 6.32. The molecule has 6 nitrogen and oxygen atoms in total. The van der Waals surface area contributed by atoms with Crippen LogP contribution in [0.4, 0.5) is 0 Å². The van der Waals surface area contributed by atoms with Crippen molar-refractivity contribution in [2.45, 2.75) is 6.92 Å². The minimum absolute atomic E-state index is 0.400. The Balaban J connectivity index is 0.000000151. The van der Waals surface area contributed by atoms with Gasteiger partial charge in [-0.2, -0.15) is 0 Å². The van der Waals surface area contributed by atoms with Gasteiger partial charge in [0.05, 0.1) is 11.4 Å². The number of aryl methyl sites for hydroxylation is 1. The Hall–Kier alpha value is -5.07. The second kappa shape index (κ2) is 11.4. The minimum atomic E-state index is 0.400. The molecule has 192 valence electrons. The van der Waals surface area contributed by atoms with E-state index in [9.17, 15) is 0 Å². The Bertz CT molecular complexity index is 1910. The van der Waals surface area contributed by atoms with E-state index in [0.717, 1.165) is 33.6 Å². The van der Waals surface area contributed by atoms with Crippen molar-refractivity contribution in [3.63, 3.8) is 0 Å². The molecule has 40 heavy (non-hydrogen) atoms. The van der Waals surface area contributed by atoms with Gasteiger partial charge in [-0.1, -0.05) is 102 Å². The highest BCUT2D eigenvalue weighted by Gasteiger charge is 2.13. The molecule has 0 aliphatic heterocycles. The fraction of sp³-hybridized carbons (Fsp3) is 0.0303. The molecule has 7 aromatic rings. The number of hydrogen-bond donors (Lipinski definition) is 0. The quantitative estimate of drug-likeness (QED) is 0.227. The van der Waals surface area contributed by atoms with Crippen molar-refractivity contribution in [1.29, 1.82) is 0 Å². The van der Waals surface area contributed by atoms with Crippen LogP contribution in [0.1, 0.15) is 5.56 Å². The first kappa shape index (κ1) is 25.2. The van der Waals surface area contributed by atoms with E-state index in [4.69, 9.17) is 21.6 Å². The molecule has 4 heterocycles. The van der Waals surface area contributed by atoms with Gasteiger partial charge in [0.1, 0.15) is 16.7 Å². The molecule has 0 amide bonds.